The molecule has 0 unspecified atom stereocenters. The van der Waals surface area contributed by atoms with Gasteiger partial charge >= 0.3 is 0 Å². The molecule has 1 fully saturated rings. The van der Waals surface area contributed by atoms with Crippen LogP contribution >= 0.6 is 0 Å². The third-order valence-electron chi connectivity index (χ3n) is 4.38. The van der Waals surface area contributed by atoms with E-state index in [1.165, 1.54) is 0 Å². The fraction of sp³-hybridized carbons (Fsp3) is 0.316. The number of piperazine rings is 1. The molecule has 0 aromatic heterocycles. The van der Waals surface area contributed by atoms with Gasteiger partial charge in [0.25, 0.3) is 0 Å². The Balaban J connectivity index is 2.04. The number of rotatable bonds is 5. The van der Waals surface area contributed by atoms with Crippen LogP contribution in [0.15, 0.2) is 58.3 Å². The van der Waals surface area contributed by atoms with Crippen LogP contribution in [0.2, 0.25) is 0 Å². The van der Waals surface area contributed by atoms with E-state index in [0.717, 1.165) is 31.9 Å². The Morgan fingerprint density at radius 2 is 1.81 bits per heavy atom. The Bertz CT molecular complexity index is 876. The van der Waals surface area contributed by atoms with Crippen molar-refractivity contribution in [2.75, 3.05) is 36.4 Å². The van der Waals surface area contributed by atoms with Crippen LogP contribution in [0.4, 0.5) is 11.4 Å². The van der Waals surface area contributed by atoms with Crippen LogP contribution in [-0.2, 0) is 14.6 Å². The van der Waals surface area contributed by atoms with Crippen LogP contribution < -0.4 is 15.5 Å². The summed E-state index contributed by atoms with van der Waals surface area (Å²) in [5.74, 6) is -0.216. The molecule has 0 atom stereocenters. The van der Waals surface area contributed by atoms with E-state index in [0.29, 0.717) is 5.69 Å². The van der Waals surface area contributed by atoms with E-state index in [1.807, 2.05) is 6.07 Å². The van der Waals surface area contributed by atoms with Crippen LogP contribution in [0.25, 0.3) is 0 Å². The molecule has 0 saturated carbocycles. The van der Waals surface area contributed by atoms with Gasteiger partial charge in [-0.05, 0) is 30.3 Å². The van der Waals surface area contributed by atoms with Crippen LogP contribution in [0, 0.1) is 0 Å². The number of carbonyl (C=O) groups is 1. The third-order valence-corrected chi connectivity index (χ3v) is 6.21. The SMILES string of the molecule is CCC(=O)Nc1cc(N2CCNCC2)ccc1S(=O)(=O)c1ccccc1. The Morgan fingerprint density at radius 1 is 1.12 bits per heavy atom. The van der Waals surface area contributed by atoms with Crippen molar-refractivity contribution in [1.82, 2.24) is 5.32 Å². The number of benzene rings is 2. The monoisotopic (exact) mass is 373 g/mol. The maximum Gasteiger partial charge on any atom is 0.224 e. The number of amides is 1. The molecule has 26 heavy (non-hydrogen) atoms. The van der Waals surface area contributed by atoms with Crippen LogP contribution in [-0.4, -0.2) is 40.5 Å². The normalized spacial score (nSPS) is 14.9. The molecule has 0 bridgehead atoms. The topological polar surface area (TPSA) is 78.5 Å². The second kappa shape index (κ2) is 7.88. The summed E-state index contributed by atoms with van der Waals surface area (Å²) in [6, 6.07) is 13.4. The first kappa shape index (κ1) is 18.4. The predicted molar refractivity (Wildman–Crippen MR) is 102 cm³/mol. The molecule has 0 spiro atoms. The summed E-state index contributed by atoms with van der Waals surface area (Å²) < 4.78 is 26.1. The Hall–Kier alpha value is -2.38. The second-order valence-electron chi connectivity index (χ2n) is 6.14. The minimum Gasteiger partial charge on any atom is -0.369 e. The van der Waals surface area contributed by atoms with Gasteiger partial charge in [-0.1, -0.05) is 25.1 Å². The molecule has 7 heteroatoms. The zero-order valence-corrected chi connectivity index (χ0v) is 15.6. The predicted octanol–water partition coefficient (Wildman–Crippen LogP) is 2.28. The number of carbonyl (C=O) groups excluding carboxylic acids is 1. The van der Waals surface area contributed by atoms with Crippen molar-refractivity contribution in [3.05, 3.63) is 48.5 Å². The molecular formula is C19H23N3O3S. The molecule has 0 aliphatic carbocycles. The lowest BCUT2D eigenvalue weighted by atomic mass is 10.2. The number of nitrogens with zero attached hydrogens (tertiary/aromatic N) is 1. The summed E-state index contributed by atoms with van der Waals surface area (Å²) in [5, 5.41) is 6.05. The highest BCUT2D eigenvalue weighted by atomic mass is 32.2. The van der Waals surface area contributed by atoms with Gasteiger partial charge in [-0.15, -0.1) is 0 Å². The van der Waals surface area contributed by atoms with Gasteiger partial charge in [-0.3, -0.25) is 4.79 Å². The zero-order valence-electron chi connectivity index (χ0n) is 14.7. The molecule has 1 saturated heterocycles. The molecule has 3 rings (SSSR count). The second-order valence-corrected chi connectivity index (χ2v) is 8.05. The van der Waals surface area contributed by atoms with Crippen LogP contribution in [0.3, 0.4) is 0 Å². The quantitative estimate of drug-likeness (QED) is 0.841. The summed E-state index contributed by atoms with van der Waals surface area (Å²) >= 11 is 0. The first-order chi connectivity index (χ1) is 12.5. The minimum absolute atomic E-state index is 0.115. The Labute approximate surface area is 154 Å². The maximum absolute atomic E-state index is 13.0. The van der Waals surface area contributed by atoms with E-state index in [1.54, 1.807) is 49.4 Å². The fourth-order valence-electron chi connectivity index (χ4n) is 2.93. The first-order valence-electron chi connectivity index (χ1n) is 8.72. The molecule has 1 aliphatic rings. The molecule has 2 aromatic rings. The average molecular weight is 373 g/mol. The van der Waals surface area contributed by atoms with Gasteiger partial charge in [0.15, 0.2) is 0 Å². The summed E-state index contributed by atoms with van der Waals surface area (Å²) in [5.41, 5.74) is 1.24. The molecule has 2 N–H and O–H groups in total. The third kappa shape index (κ3) is 3.89. The first-order valence-corrected chi connectivity index (χ1v) is 10.2. The van der Waals surface area contributed by atoms with Gasteiger partial charge in [0.1, 0.15) is 0 Å². The Morgan fingerprint density at radius 3 is 2.46 bits per heavy atom. The molecule has 2 aromatic carbocycles. The van der Waals surface area contributed by atoms with E-state index in [-0.39, 0.29) is 22.1 Å². The van der Waals surface area contributed by atoms with Crippen molar-refractivity contribution in [3.63, 3.8) is 0 Å². The minimum atomic E-state index is -3.72. The molecule has 0 radical (unpaired) electrons. The zero-order chi connectivity index (χ0) is 18.6. The number of anilines is 2. The highest BCUT2D eigenvalue weighted by molar-refractivity contribution is 7.91. The van der Waals surface area contributed by atoms with Gasteiger partial charge in [-0.25, -0.2) is 8.42 Å². The lowest BCUT2D eigenvalue weighted by molar-refractivity contribution is -0.115. The molecule has 1 aliphatic heterocycles. The maximum atomic E-state index is 13.0. The van der Waals surface area contributed by atoms with Gasteiger partial charge in [0.05, 0.1) is 15.5 Å². The van der Waals surface area contributed by atoms with Gasteiger partial charge in [0.2, 0.25) is 15.7 Å². The van der Waals surface area contributed by atoms with E-state index in [9.17, 15) is 13.2 Å². The van der Waals surface area contributed by atoms with Gasteiger partial charge < -0.3 is 15.5 Å². The van der Waals surface area contributed by atoms with Crippen molar-refractivity contribution < 1.29 is 13.2 Å². The molecule has 6 nitrogen and oxygen atoms in total. The van der Waals surface area contributed by atoms with E-state index < -0.39 is 9.84 Å². The molecule has 1 amide bonds. The number of sulfone groups is 1. The van der Waals surface area contributed by atoms with Crippen molar-refractivity contribution in [1.29, 1.82) is 0 Å². The van der Waals surface area contributed by atoms with Crippen molar-refractivity contribution >= 4 is 27.1 Å². The lowest BCUT2D eigenvalue weighted by Crippen LogP contribution is -2.43. The Kier molecular flexibility index (Phi) is 5.58. The molecular weight excluding hydrogens is 350 g/mol. The smallest absolute Gasteiger partial charge is 0.224 e. The summed E-state index contributed by atoms with van der Waals surface area (Å²) in [6.45, 7) is 5.17. The summed E-state index contributed by atoms with van der Waals surface area (Å²) in [7, 11) is -3.72. The summed E-state index contributed by atoms with van der Waals surface area (Å²) in [4.78, 5) is 14.5. The summed E-state index contributed by atoms with van der Waals surface area (Å²) in [6.07, 6.45) is 0.280. The highest BCUT2D eigenvalue weighted by Crippen LogP contribution is 2.31. The largest absolute Gasteiger partial charge is 0.369 e. The van der Waals surface area contributed by atoms with Crippen molar-refractivity contribution in [2.24, 2.45) is 0 Å². The average Bonchev–Trinajstić information content (AvgIpc) is 2.69. The van der Waals surface area contributed by atoms with E-state index in [4.69, 9.17) is 0 Å². The molecule has 1 heterocycles. The van der Waals surface area contributed by atoms with Gasteiger partial charge in [-0.2, -0.15) is 0 Å². The van der Waals surface area contributed by atoms with Crippen molar-refractivity contribution in [3.8, 4) is 0 Å². The standard InChI is InChI=1S/C19H23N3O3S/c1-2-19(23)21-17-14-15(22-12-10-20-11-13-22)8-9-18(17)26(24,25)16-6-4-3-5-7-16/h3-9,14,20H,2,10-13H2,1H3,(H,21,23). The van der Waals surface area contributed by atoms with Crippen LogP contribution in [0.5, 0.6) is 0 Å². The number of nitrogens with one attached hydrogen (secondary N) is 2. The molecule has 138 valence electrons. The van der Waals surface area contributed by atoms with Crippen molar-refractivity contribution in [2.45, 2.75) is 23.1 Å². The van der Waals surface area contributed by atoms with Gasteiger partial charge in [0, 0.05) is 38.3 Å². The number of hydrogen-bond acceptors (Lipinski definition) is 5. The fourth-order valence-corrected chi connectivity index (χ4v) is 4.35. The van der Waals surface area contributed by atoms with E-state index in [2.05, 4.69) is 15.5 Å². The van der Waals surface area contributed by atoms with Crippen LogP contribution in [0.1, 0.15) is 13.3 Å². The van der Waals surface area contributed by atoms with E-state index >= 15 is 0 Å². The number of hydrogen-bond donors (Lipinski definition) is 2. The lowest BCUT2D eigenvalue weighted by Gasteiger charge is -2.30. The highest BCUT2D eigenvalue weighted by Gasteiger charge is 2.23.